The van der Waals surface area contributed by atoms with Crippen LogP contribution in [0.1, 0.15) is 24.6 Å². The van der Waals surface area contributed by atoms with E-state index in [0.717, 1.165) is 31.7 Å². The predicted molar refractivity (Wildman–Crippen MR) is 52.7 cm³/mol. The molecule has 1 aliphatic heterocycles. The zero-order valence-corrected chi connectivity index (χ0v) is 8.10. The summed E-state index contributed by atoms with van der Waals surface area (Å²) in [6.07, 6.45) is 3.09. The second kappa shape index (κ2) is 4.53. The molecule has 3 heteroatoms. The predicted octanol–water partition coefficient (Wildman–Crippen LogP) is 1.54. The average molecular weight is 193 g/mol. The van der Waals surface area contributed by atoms with Gasteiger partial charge in [0, 0.05) is 19.4 Å². The highest BCUT2D eigenvalue weighted by Crippen LogP contribution is 2.24. The van der Waals surface area contributed by atoms with E-state index in [4.69, 9.17) is 4.74 Å². The van der Waals surface area contributed by atoms with Crippen LogP contribution in [0.3, 0.4) is 0 Å². The molecule has 1 saturated heterocycles. The molecule has 0 aromatic carbocycles. The number of rotatable bonds is 3. The van der Waals surface area contributed by atoms with Gasteiger partial charge in [0.05, 0.1) is 11.8 Å². The van der Waals surface area contributed by atoms with Crippen LogP contribution in [0.15, 0.2) is 24.4 Å². The topological polar surface area (TPSA) is 42.4 Å². The molecular weight excluding hydrogens is 178 g/mol. The normalized spacial score (nSPS) is 23.6. The van der Waals surface area contributed by atoms with Crippen LogP contribution in [-0.4, -0.2) is 23.3 Å². The van der Waals surface area contributed by atoms with Gasteiger partial charge in [-0.25, -0.2) is 0 Å². The Labute approximate surface area is 83.7 Å². The van der Waals surface area contributed by atoms with Gasteiger partial charge in [0.1, 0.15) is 0 Å². The summed E-state index contributed by atoms with van der Waals surface area (Å²) in [5.41, 5.74) is 0.763. The van der Waals surface area contributed by atoms with Crippen molar-refractivity contribution in [2.45, 2.75) is 18.9 Å². The minimum absolute atomic E-state index is 0.442. The van der Waals surface area contributed by atoms with Crippen LogP contribution >= 0.6 is 0 Å². The number of aliphatic hydroxyl groups excluding tert-OH is 1. The standard InChI is InChI=1S/C11H15NO2/c13-11(7-9-4-6-14-8-9)10-3-1-2-5-12-10/h1-3,5,9,11,13H,4,6-8H2. The highest BCUT2D eigenvalue weighted by molar-refractivity contribution is 5.06. The van der Waals surface area contributed by atoms with Gasteiger partial charge in [-0.15, -0.1) is 0 Å². The molecule has 0 saturated carbocycles. The first kappa shape index (κ1) is 9.62. The molecule has 0 bridgehead atoms. The van der Waals surface area contributed by atoms with Crippen LogP contribution in [-0.2, 0) is 4.74 Å². The Hall–Kier alpha value is -0.930. The van der Waals surface area contributed by atoms with Crippen LogP contribution in [0.5, 0.6) is 0 Å². The van der Waals surface area contributed by atoms with Crippen molar-refractivity contribution in [1.29, 1.82) is 0 Å². The van der Waals surface area contributed by atoms with Crippen molar-refractivity contribution >= 4 is 0 Å². The van der Waals surface area contributed by atoms with Crippen LogP contribution < -0.4 is 0 Å². The monoisotopic (exact) mass is 193 g/mol. The van der Waals surface area contributed by atoms with Gasteiger partial charge >= 0.3 is 0 Å². The van der Waals surface area contributed by atoms with Crippen molar-refractivity contribution < 1.29 is 9.84 Å². The fourth-order valence-electron chi connectivity index (χ4n) is 1.78. The summed E-state index contributed by atoms with van der Waals surface area (Å²) < 4.78 is 5.26. The molecule has 0 spiro atoms. The van der Waals surface area contributed by atoms with Gasteiger partial charge in [-0.1, -0.05) is 6.07 Å². The van der Waals surface area contributed by atoms with Crippen LogP contribution in [0, 0.1) is 5.92 Å². The molecule has 1 aliphatic rings. The van der Waals surface area contributed by atoms with Crippen molar-refractivity contribution in [2.24, 2.45) is 5.92 Å². The third-order valence-electron chi connectivity index (χ3n) is 2.61. The van der Waals surface area contributed by atoms with E-state index in [1.165, 1.54) is 0 Å². The molecule has 1 aromatic rings. The fraction of sp³-hybridized carbons (Fsp3) is 0.545. The lowest BCUT2D eigenvalue weighted by Gasteiger charge is -2.13. The number of hydrogen-bond acceptors (Lipinski definition) is 3. The molecule has 0 aliphatic carbocycles. The Morgan fingerprint density at radius 3 is 3.14 bits per heavy atom. The number of pyridine rings is 1. The van der Waals surface area contributed by atoms with Gasteiger partial charge in [-0.05, 0) is 30.9 Å². The van der Waals surface area contributed by atoms with E-state index in [1.807, 2.05) is 18.2 Å². The van der Waals surface area contributed by atoms with Gasteiger partial charge in [0.25, 0.3) is 0 Å². The zero-order chi connectivity index (χ0) is 9.80. The number of ether oxygens (including phenoxy) is 1. The summed E-state index contributed by atoms with van der Waals surface area (Å²) in [5, 5.41) is 9.86. The Kier molecular flexibility index (Phi) is 3.11. The first-order valence-electron chi connectivity index (χ1n) is 5.03. The SMILES string of the molecule is OC(CC1CCOC1)c1ccccn1. The maximum Gasteiger partial charge on any atom is 0.0963 e. The van der Waals surface area contributed by atoms with Crippen molar-refractivity contribution in [2.75, 3.05) is 13.2 Å². The molecule has 0 radical (unpaired) electrons. The van der Waals surface area contributed by atoms with Gasteiger partial charge in [0.15, 0.2) is 0 Å². The molecule has 2 heterocycles. The maximum atomic E-state index is 9.86. The number of hydrogen-bond donors (Lipinski definition) is 1. The highest BCUT2D eigenvalue weighted by Gasteiger charge is 2.20. The smallest absolute Gasteiger partial charge is 0.0963 e. The molecule has 2 unspecified atom stereocenters. The molecule has 3 nitrogen and oxygen atoms in total. The van der Waals surface area contributed by atoms with E-state index in [1.54, 1.807) is 6.20 Å². The molecule has 14 heavy (non-hydrogen) atoms. The molecule has 1 fully saturated rings. The Balaban J connectivity index is 1.92. The lowest BCUT2D eigenvalue weighted by atomic mass is 9.99. The first-order valence-corrected chi connectivity index (χ1v) is 5.03. The van der Waals surface area contributed by atoms with Crippen molar-refractivity contribution in [3.63, 3.8) is 0 Å². The van der Waals surface area contributed by atoms with Crippen LogP contribution in [0.25, 0.3) is 0 Å². The third-order valence-corrected chi connectivity index (χ3v) is 2.61. The Bertz CT molecular complexity index is 270. The van der Waals surface area contributed by atoms with Crippen molar-refractivity contribution in [3.05, 3.63) is 30.1 Å². The second-order valence-electron chi connectivity index (χ2n) is 3.74. The van der Waals surface area contributed by atoms with E-state index >= 15 is 0 Å². The minimum atomic E-state index is -0.442. The minimum Gasteiger partial charge on any atom is -0.387 e. The fourth-order valence-corrected chi connectivity index (χ4v) is 1.78. The van der Waals surface area contributed by atoms with Crippen molar-refractivity contribution in [1.82, 2.24) is 4.98 Å². The Morgan fingerprint density at radius 1 is 1.57 bits per heavy atom. The molecular formula is C11H15NO2. The summed E-state index contributed by atoms with van der Waals surface area (Å²) in [6, 6.07) is 5.62. The van der Waals surface area contributed by atoms with Crippen LogP contribution in [0.2, 0.25) is 0 Å². The van der Waals surface area contributed by atoms with Gasteiger partial charge in [-0.2, -0.15) is 0 Å². The van der Waals surface area contributed by atoms with E-state index in [0.29, 0.717) is 5.92 Å². The van der Waals surface area contributed by atoms with E-state index < -0.39 is 6.10 Å². The zero-order valence-electron chi connectivity index (χ0n) is 8.10. The molecule has 76 valence electrons. The van der Waals surface area contributed by atoms with E-state index in [2.05, 4.69) is 4.98 Å². The maximum absolute atomic E-state index is 9.86. The van der Waals surface area contributed by atoms with Gasteiger partial charge < -0.3 is 9.84 Å². The third kappa shape index (κ3) is 2.30. The molecule has 2 rings (SSSR count). The summed E-state index contributed by atoms with van der Waals surface area (Å²) in [7, 11) is 0. The largest absolute Gasteiger partial charge is 0.387 e. The number of aromatic nitrogens is 1. The van der Waals surface area contributed by atoms with E-state index in [9.17, 15) is 5.11 Å². The molecule has 1 aromatic heterocycles. The van der Waals surface area contributed by atoms with E-state index in [-0.39, 0.29) is 0 Å². The summed E-state index contributed by atoms with van der Waals surface area (Å²) in [4.78, 5) is 4.13. The Morgan fingerprint density at radius 2 is 2.50 bits per heavy atom. The molecule has 2 atom stereocenters. The average Bonchev–Trinajstić information content (AvgIpc) is 2.72. The number of nitrogens with zero attached hydrogens (tertiary/aromatic N) is 1. The second-order valence-corrected chi connectivity index (χ2v) is 3.74. The first-order chi connectivity index (χ1) is 6.86. The summed E-state index contributed by atoms with van der Waals surface area (Å²) in [5.74, 6) is 0.493. The molecule has 0 amide bonds. The van der Waals surface area contributed by atoms with Crippen LogP contribution in [0.4, 0.5) is 0 Å². The lowest BCUT2D eigenvalue weighted by molar-refractivity contribution is 0.126. The summed E-state index contributed by atoms with van der Waals surface area (Å²) >= 11 is 0. The molecule has 1 N–H and O–H groups in total. The lowest BCUT2D eigenvalue weighted by Crippen LogP contribution is -2.08. The van der Waals surface area contributed by atoms with Gasteiger partial charge in [-0.3, -0.25) is 4.98 Å². The van der Waals surface area contributed by atoms with Crippen molar-refractivity contribution in [3.8, 4) is 0 Å². The summed E-state index contributed by atoms with van der Waals surface area (Å²) in [6.45, 7) is 1.61. The van der Waals surface area contributed by atoms with Gasteiger partial charge in [0.2, 0.25) is 0 Å². The number of aliphatic hydroxyl groups is 1. The highest BCUT2D eigenvalue weighted by atomic mass is 16.5. The quantitative estimate of drug-likeness (QED) is 0.791.